The summed E-state index contributed by atoms with van der Waals surface area (Å²) in [6.45, 7) is 0. The van der Waals surface area contributed by atoms with Crippen LogP contribution in [0.15, 0.2) is 35.2 Å². The van der Waals surface area contributed by atoms with Gasteiger partial charge < -0.3 is 10.4 Å². The molecule has 0 radical (unpaired) electrons. The fourth-order valence-electron chi connectivity index (χ4n) is 2.97. The molecule has 1 aliphatic rings. The highest BCUT2D eigenvalue weighted by Crippen LogP contribution is 2.39. The number of fused-ring (bicyclic) bond motifs is 1. The molecule has 1 aliphatic carbocycles. The number of imidazole rings is 1. The van der Waals surface area contributed by atoms with Crippen LogP contribution in [0.5, 0.6) is 0 Å². The maximum Gasteiger partial charge on any atom is 0.417 e. The third-order valence-corrected chi connectivity index (χ3v) is 4.84. The van der Waals surface area contributed by atoms with E-state index < -0.39 is 11.7 Å². The lowest BCUT2D eigenvalue weighted by Crippen LogP contribution is -2.39. The fraction of sp³-hybridized carbons (Fsp3) is 0.312. The molecule has 4 rings (SSSR count). The Morgan fingerprint density at radius 3 is 2.69 bits per heavy atom. The van der Waals surface area contributed by atoms with Crippen molar-refractivity contribution >= 4 is 27.4 Å². The number of nitrogens with one attached hydrogen (secondary N) is 1. The van der Waals surface area contributed by atoms with Gasteiger partial charge in [0, 0.05) is 16.1 Å². The summed E-state index contributed by atoms with van der Waals surface area (Å²) in [5.41, 5.74) is -0.354. The Hall–Kier alpha value is -2.20. The Kier molecular flexibility index (Phi) is 4.11. The first-order valence-corrected chi connectivity index (χ1v) is 8.62. The molecule has 1 fully saturated rings. The second-order valence-corrected chi connectivity index (χ2v) is 7.09. The normalized spacial score (nSPS) is 20.2. The lowest BCUT2D eigenvalue weighted by molar-refractivity contribution is -0.137. The van der Waals surface area contributed by atoms with Crippen LogP contribution in [0, 0.1) is 0 Å². The van der Waals surface area contributed by atoms with E-state index in [1.54, 1.807) is 4.40 Å². The molecule has 136 valence electrons. The minimum absolute atomic E-state index is 0.0502. The van der Waals surface area contributed by atoms with Crippen LogP contribution in [-0.4, -0.2) is 36.8 Å². The van der Waals surface area contributed by atoms with Crippen LogP contribution in [0.1, 0.15) is 18.4 Å². The molecule has 2 N–H and O–H groups in total. The van der Waals surface area contributed by atoms with Crippen molar-refractivity contribution < 1.29 is 18.3 Å². The number of halogens is 4. The molecule has 1 saturated carbocycles. The van der Waals surface area contributed by atoms with Crippen molar-refractivity contribution in [3.63, 3.8) is 0 Å². The summed E-state index contributed by atoms with van der Waals surface area (Å²) >= 11 is 3.08. The van der Waals surface area contributed by atoms with Crippen LogP contribution in [0.2, 0.25) is 0 Å². The maximum absolute atomic E-state index is 13.5. The topological polar surface area (TPSA) is 75.3 Å². The Morgan fingerprint density at radius 2 is 2.00 bits per heavy atom. The molecule has 0 saturated heterocycles. The quantitative estimate of drug-likeness (QED) is 0.668. The summed E-state index contributed by atoms with van der Waals surface area (Å²) in [6, 6.07) is 3.96. The molecule has 10 heteroatoms. The van der Waals surface area contributed by atoms with Crippen molar-refractivity contribution in [1.29, 1.82) is 0 Å². The number of aliphatic hydroxyl groups is 1. The van der Waals surface area contributed by atoms with Gasteiger partial charge in [-0.25, -0.2) is 4.98 Å². The van der Waals surface area contributed by atoms with Gasteiger partial charge in [-0.05, 0) is 25.0 Å². The van der Waals surface area contributed by atoms with Crippen molar-refractivity contribution in [3.05, 3.63) is 40.8 Å². The molecule has 26 heavy (non-hydrogen) atoms. The highest BCUT2D eigenvalue weighted by Gasteiger charge is 2.35. The minimum atomic E-state index is -4.53. The molecule has 6 nitrogen and oxygen atoms in total. The monoisotopic (exact) mass is 427 g/mol. The zero-order chi connectivity index (χ0) is 18.5. The van der Waals surface area contributed by atoms with Crippen LogP contribution in [-0.2, 0) is 6.18 Å². The number of aromatic nitrogens is 4. The van der Waals surface area contributed by atoms with E-state index in [1.807, 2.05) is 0 Å². The predicted octanol–water partition coefficient (Wildman–Crippen LogP) is 3.51. The van der Waals surface area contributed by atoms with Gasteiger partial charge in [0.2, 0.25) is 5.95 Å². The van der Waals surface area contributed by atoms with E-state index in [4.69, 9.17) is 0 Å². The SMILES string of the molecule is OC1CC(Nc2nnc(-c3ccc(Br)cc3C(F)(F)F)c3cncn23)C1. The van der Waals surface area contributed by atoms with E-state index >= 15 is 0 Å². The van der Waals surface area contributed by atoms with E-state index in [9.17, 15) is 18.3 Å². The van der Waals surface area contributed by atoms with Crippen molar-refractivity contribution in [2.24, 2.45) is 0 Å². The smallest absolute Gasteiger partial charge is 0.393 e. The molecule has 2 heterocycles. The molecule has 1 aromatic carbocycles. The molecule has 0 aliphatic heterocycles. The van der Waals surface area contributed by atoms with Gasteiger partial charge >= 0.3 is 6.18 Å². The van der Waals surface area contributed by atoms with Crippen molar-refractivity contribution in [2.75, 3.05) is 5.32 Å². The molecule has 3 aromatic rings. The van der Waals surface area contributed by atoms with Gasteiger partial charge in [0.15, 0.2) is 0 Å². The highest BCUT2D eigenvalue weighted by molar-refractivity contribution is 9.10. The van der Waals surface area contributed by atoms with Crippen LogP contribution < -0.4 is 5.32 Å². The van der Waals surface area contributed by atoms with E-state index in [1.165, 1.54) is 24.7 Å². The van der Waals surface area contributed by atoms with E-state index in [0.717, 1.165) is 6.07 Å². The van der Waals surface area contributed by atoms with Crippen LogP contribution in [0.3, 0.4) is 0 Å². The van der Waals surface area contributed by atoms with Gasteiger partial charge in [0.05, 0.1) is 23.4 Å². The van der Waals surface area contributed by atoms with Gasteiger partial charge in [0.1, 0.15) is 12.0 Å². The summed E-state index contributed by atoms with van der Waals surface area (Å²) < 4.78 is 42.3. The van der Waals surface area contributed by atoms with Crippen molar-refractivity contribution in [2.45, 2.75) is 31.2 Å². The first-order chi connectivity index (χ1) is 12.3. The fourth-order valence-corrected chi connectivity index (χ4v) is 3.33. The molecular formula is C16H13BrF3N5O. The van der Waals surface area contributed by atoms with E-state index in [-0.39, 0.29) is 23.4 Å². The number of anilines is 1. The molecule has 0 bridgehead atoms. The average molecular weight is 428 g/mol. The third-order valence-electron chi connectivity index (χ3n) is 4.34. The van der Waals surface area contributed by atoms with Crippen LogP contribution >= 0.6 is 15.9 Å². The number of benzene rings is 1. The summed E-state index contributed by atoms with van der Waals surface area (Å²) in [4.78, 5) is 4.03. The lowest BCUT2D eigenvalue weighted by Gasteiger charge is -2.32. The zero-order valence-corrected chi connectivity index (χ0v) is 14.8. The second kappa shape index (κ2) is 6.20. The Labute approximate surface area is 154 Å². The Morgan fingerprint density at radius 1 is 1.23 bits per heavy atom. The van der Waals surface area contributed by atoms with Gasteiger partial charge in [0.25, 0.3) is 0 Å². The standard InChI is InChI=1S/C16H13BrF3N5O/c17-8-1-2-11(12(3-8)16(18,19)20)14-13-6-21-7-25(13)15(24-23-14)22-9-4-10(26)5-9/h1-3,6-7,9-10,26H,4-5H2,(H,22,24). The summed E-state index contributed by atoms with van der Waals surface area (Å²) in [7, 11) is 0. The third kappa shape index (κ3) is 3.03. The number of hydrogen-bond donors (Lipinski definition) is 2. The zero-order valence-electron chi connectivity index (χ0n) is 13.2. The summed E-state index contributed by atoms with van der Waals surface area (Å²) in [6.07, 6.45) is -0.772. The van der Waals surface area contributed by atoms with Crippen molar-refractivity contribution in [3.8, 4) is 11.3 Å². The Balaban J connectivity index is 1.81. The van der Waals surface area contributed by atoms with Crippen LogP contribution in [0.4, 0.5) is 19.1 Å². The molecule has 0 spiro atoms. The maximum atomic E-state index is 13.5. The summed E-state index contributed by atoms with van der Waals surface area (Å²) in [5, 5.41) is 20.6. The number of aliphatic hydroxyl groups excluding tert-OH is 1. The van der Waals surface area contributed by atoms with Crippen LogP contribution in [0.25, 0.3) is 16.8 Å². The number of nitrogens with zero attached hydrogens (tertiary/aromatic N) is 4. The predicted molar refractivity (Wildman–Crippen MR) is 91.6 cm³/mol. The minimum Gasteiger partial charge on any atom is -0.393 e. The van der Waals surface area contributed by atoms with E-state index in [0.29, 0.717) is 28.8 Å². The van der Waals surface area contributed by atoms with Crippen molar-refractivity contribution in [1.82, 2.24) is 19.6 Å². The number of alkyl halides is 3. The second-order valence-electron chi connectivity index (χ2n) is 6.18. The first-order valence-electron chi connectivity index (χ1n) is 7.83. The lowest BCUT2D eigenvalue weighted by atomic mass is 9.90. The highest BCUT2D eigenvalue weighted by atomic mass is 79.9. The molecule has 0 atom stereocenters. The average Bonchev–Trinajstić information content (AvgIpc) is 3.03. The molecular weight excluding hydrogens is 415 g/mol. The van der Waals surface area contributed by atoms with Gasteiger partial charge in [-0.1, -0.05) is 22.0 Å². The first kappa shape index (κ1) is 17.2. The summed E-state index contributed by atoms with van der Waals surface area (Å²) in [5.74, 6) is 0.379. The molecule has 0 amide bonds. The van der Waals surface area contributed by atoms with Gasteiger partial charge in [-0.3, -0.25) is 4.40 Å². The molecule has 0 unspecified atom stereocenters. The van der Waals surface area contributed by atoms with Gasteiger partial charge in [-0.2, -0.15) is 13.2 Å². The largest absolute Gasteiger partial charge is 0.417 e. The Bertz CT molecular complexity index is 968. The van der Waals surface area contributed by atoms with E-state index in [2.05, 4.69) is 36.4 Å². The molecule has 2 aromatic heterocycles. The number of rotatable bonds is 3. The van der Waals surface area contributed by atoms with Gasteiger partial charge in [-0.15, -0.1) is 10.2 Å². The number of hydrogen-bond acceptors (Lipinski definition) is 5.